The highest BCUT2D eigenvalue weighted by molar-refractivity contribution is 8.17. The van der Waals surface area contributed by atoms with E-state index in [0.29, 0.717) is 0 Å². The Morgan fingerprint density at radius 2 is 1.94 bits per heavy atom. The van der Waals surface area contributed by atoms with E-state index >= 15 is 0 Å². The summed E-state index contributed by atoms with van der Waals surface area (Å²) in [6, 6.07) is 0. The normalized spacial score (nSPS) is 24.8. The number of carbonyl (C=O) groups is 2. The Hall–Kier alpha value is -1.34. The lowest BCUT2D eigenvalue weighted by Crippen LogP contribution is -2.30. The molecule has 0 radical (unpaired) electrons. The fourth-order valence-corrected chi connectivity index (χ4v) is 2.39. The van der Waals surface area contributed by atoms with Crippen molar-refractivity contribution in [3.05, 3.63) is 22.6 Å². The first-order valence-corrected chi connectivity index (χ1v) is 6.72. The van der Waals surface area contributed by atoms with Crippen LogP contribution in [0.2, 0.25) is 0 Å². The van der Waals surface area contributed by atoms with Crippen molar-refractivity contribution in [3.8, 4) is 0 Å². The van der Waals surface area contributed by atoms with Crippen LogP contribution in [0.5, 0.6) is 0 Å². The zero-order valence-electron chi connectivity index (χ0n) is 8.68. The molecular weight excluding hydrogens is 272 g/mol. The van der Waals surface area contributed by atoms with E-state index in [-0.39, 0.29) is 12.0 Å². The van der Waals surface area contributed by atoms with Crippen molar-refractivity contribution in [1.29, 1.82) is 0 Å². The van der Waals surface area contributed by atoms with Crippen LogP contribution in [0.15, 0.2) is 22.6 Å². The second-order valence-electron chi connectivity index (χ2n) is 3.86. The average molecular weight is 281 g/mol. The predicted octanol–water partition coefficient (Wildman–Crippen LogP) is 0.944. The van der Waals surface area contributed by atoms with Gasteiger partial charge in [-0.15, -0.1) is 0 Å². The lowest BCUT2D eigenvalue weighted by Gasteiger charge is -2.25. The minimum Gasteiger partial charge on any atom is -0.481 e. The number of hydrogen-bond acceptors (Lipinski definition) is 4. The van der Waals surface area contributed by atoms with Gasteiger partial charge in [-0.3, -0.25) is 4.79 Å². The van der Waals surface area contributed by atoms with E-state index in [1.165, 1.54) is 6.92 Å². The Morgan fingerprint density at radius 1 is 1.41 bits per heavy atom. The van der Waals surface area contributed by atoms with Gasteiger partial charge in [0.1, 0.15) is 0 Å². The van der Waals surface area contributed by atoms with Gasteiger partial charge in [-0.1, -0.05) is 0 Å². The number of hydrogen-bond donors (Lipinski definition) is 2. The summed E-state index contributed by atoms with van der Waals surface area (Å²) in [4.78, 5) is 21.3. The summed E-state index contributed by atoms with van der Waals surface area (Å²) in [6.45, 7) is 1.23. The average Bonchev–Trinajstić information content (AvgIpc) is 2.15. The summed E-state index contributed by atoms with van der Waals surface area (Å²) in [6.07, 6.45) is 1.52. The SMILES string of the molecule is CC1(C(=O)O)C=C(S(=O)(=O)Cl)C=C(C(=O)O)C1. The monoisotopic (exact) mass is 280 g/mol. The maximum Gasteiger partial charge on any atom is 0.331 e. The second-order valence-corrected chi connectivity index (χ2v) is 6.42. The van der Waals surface area contributed by atoms with Crippen LogP contribution in [0, 0.1) is 5.41 Å². The van der Waals surface area contributed by atoms with Gasteiger partial charge >= 0.3 is 11.9 Å². The van der Waals surface area contributed by atoms with Crippen LogP contribution in [-0.4, -0.2) is 30.6 Å². The Bertz CT molecular complexity index is 544. The molecule has 1 aliphatic rings. The number of carboxylic acid groups (broad SMARTS) is 2. The highest BCUT2D eigenvalue weighted by Crippen LogP contribution is 2.36. The summed E-state index contributed by atoms with van der Waals surface area (Å²) in [5, 5.41) is 17.8. The zero-order valence-corrected chi connectivity index (χ0v) is 10.2. The molecule has 1 unspecified atom stereocenters. The van der Waals surface area contributed by atoms with Gasteiger partial charge in [0, 0.05) is 16.3 Å². The molecule has 1 rings (SSSR count). The molecule has 0 aromatic carbocycles. The smallest absolute Gasteiger partial charge is 0.331 e. The first kappa shape index (κ1) is 13.7. The number of aliphatic carboxylic acids is 2. The molecule has 0 bridgehead atoms. The quantitative estimate of drug-likeness (QED) is 0.745. The molecule has 0 fully saturated rings. The van der Waals surface area contributed by atoms with E-state index in [2.05, 4.69) is 0 Å². The summed E-state index contributed by atoms with van der Waals surface area (Å²) in [5.74, 6) is -2.69. The van der Waals surface area contributed by atoms with Crippen LogP contribution < -0.4 is 0 Å². The Labute approximate surface area is 102 Å². The maximum absolute atomic E-state index is 11.1. The molecule has 1 aliphatic carbocycles. The van der Waals surface area contributed by atoms with E-state index in [0.717, 1.165) is 12.2 Å². The van der Waals surface area contributed by atoms with Crippen LogP contribution in [0.4, 0.5) is 0 Å². The molecule has 0 spiro atoms. The molecule has 0 amide bonds. The highest BCUT2D eigenvalue weighted by atomic mass is 35.7. The molecule has 6 nitrogen and oxygen atoms in total. The first-order chi connectivity index (χ1) is 7.56. The molecule has 0 aliphatic heterocycles. The summed E-state index contributed by atoms with van der Waals surface area (Å²) in [5.41, 5.74) is -1.91. The van der Waals surface area contributed by atoms with Crippen molar-refractivity contribution in [3.63, 3.8) is 0 Å². The third-order valence-corrected chi connectivity index (χ3v) is 3.71. The van der Waals surface area contributed by atoms with Gasteiger partial charge in [-0.2, -0.15) is 0 Å². The number of rotatable bonds is 3. The zero-order chi connectivity index (χ0) is 13.4. The largest absolute Gasteiger partial charge is 0.481 e. The molecule has 2 N–H and O–H groups in total. The molecular formula is C9H9ClO6S. The summed E-state index contributed by atoms with van der Waals surface area (Å²) < 4.78 is 22.3. The Balaban J connectivity index is 3.41. The first-order valence-electron chi connectivity index (χ1n) is 4.41. The van der Waals surface area contributed by atoms with Gasteiger partial charge in [0.25, 0.3) is 9.05 Å². The molecule has 0 heterocycles. The molecule has 94 valence electrons. The second kappa shape index (κ2) is 4.15. The van der Waals surface area contributed by atoms with Crippen molar-refractivity contribution < 1.29 is 28.2 Å². The third kappa shape index (κ3) is 2.86. The van der Waals surface area contributed by atoms with Gasteiger partial charge in [0.15, 0.2) is 0 Å². The molecule has 0 saturated heterocycles. The van der Waals surface area contributed by atoms with E-state index in [4.69, 9.17) is 20.9 Å². The maximum atomic E-state index is 11.1. The highest BCUT2D eigenvalue weighted by Gasteiger charge is 2.38. The van der Waals surface area contributed by atoms with E-state index in [9.17, 15) is 18.0 Å². The standard InChI is InChI=1S/C9H9ClO6S/c1-9(8(13)14)3-5(7(11)12)2-6(4-9)17(10,15)16/h2,4H,3H2,1H3,(H,11,12)(H,13,14). The fraction of sp³-hybridized carbons (Fsp3) is 0.333. The van der Waals surface area contributed by atoms with Gasteiger partial charge in [0.2, 0.25) is 0 Å². The summed E-state index contributed by atoms with van der Waals surface area (Å²) >= 11 is 0. The topological polar surface area (TPSA) is 109 Å². The van der Waals surface area contributed by atoms with Crippen LogP contribution in [0.3, 0.4) is 0 Å². The minimum absolute atomic E-state index is 0.298. The number of halogens is 1. The Kier molecular flexibility index (Phi) is 3.35. The predicted molar refractivity (Wildman–Crippen MR) is 58.9 cm³/mol. The van der Waals surface area contributed by atoms with E-state index in [1.807, 2.05) is 0 Å². The molecule has 0 aromatic rings. The lowest BCUT2D eigenvalue weighted by molar-refractivity contribution is -0.145. The molecule has 0 aromatic heterocycles. The number of allylic oxidation sites excluding steroid dienone is 1. The Morgan fingerprint density at radius 3 is 2.29 bits per heavy atom. The minimum atomic E-state index is -4.17. The van der Waals surface area contributed by atoms with Gasteiger partial charge in [-0.25, -0.2) is 13.2 Å². The van der Waals surface area contributed by atoms with Crippen LogP contribution in [0.25, 0.3) is 0 Å². The van der Waals surface area contributed by atoms with Gasteiger partial charge < -0.3 is 10.2 Å². The summed E-state index contributed by atoms with van der Waals surface area (Å²) in [7, 11) is 0.921. The van der Waals surface area contributed by atoms with Gasteiger partial charge in [-0.05, 0) is 25.5 Å². The van der Waals surface area contributed by atoms with E-state index < -0.39 is 31.3 Å². The fourth-order valence-electron chi connectivity index (χ4n) is 1.44. The molecule has 1 atom stereocenters. The lowest BCUT2D eigenvalue weighted by atomic mass is 9.80. The van der Waals surface area contributed by atoms with Crippen molar-refractivity contribution in [2.75, 3.05) is 0 Å². The molecule has 8 heteroatoms. The van der Waals surface area contributed by atoms with Crippen molar-refractivity contribution in [2.45, 2.75) is 13.3 Å². The van der Waals surface area contributed by atoms with Gasteiger partial charge in [0.05, 0.1) is 10.3 Å². The molecule has 0 saturated carbocycles. The van der Waals surface area contributed by atoms with Crippen molar-refractivity contribution in [1.82, 2.24) is 0 Å². The van der Waals surface area contributed by atoms with E-state index in [1.54, 1.807) is 0 Å². The van der Waals surface area contributed by atoms with Crippen LogP contribution >= 0.6 is 10.7 Å². The van der Waals surface area contributed by atoms with Crippen molar-refractivity contribution >= 4 is 31.7 Å². The van der Waals surface area contributed by atoms with Crippen molar-refractivity contribution in [2.24, 2.45) is 5.41 Å². The van der Waals surface area contributed by atoms with Crippen LogP contribution in [0.1, 0.15) is 13.3 Å². The molecule has 17 heavy (non-hydrogen) atoms. The number of carboxylic acids is 2. The third-order valence-electron chi connectivity index (χ3n) is 2.38. The van der Waals surface area contributed by atoms with Crippen LogP contribution in [-0.2, 0) is 18.6 Å².